The van der Waals surface area contributed by atoms with Crippen LogP contribution in [0, 0.1) is 6.92 Å². The smallest absolute Gasteiger partial charge is 0.262 e. The molecule has 0 atom stereocenters. The molecule has 0 aliphatic rings. The van der Waals surface area contributed by atoms with Gasteiger partial charge in [-0.2, -0.15) is 0 Å². The minimum absolute atomic E-state index is 0.336. The maximum Gasteiger partial charge on any atom is 0.266 e. The summed E-state index contributed by atoms with van der Waals surface area (Å²) in [6.07, 6.45) is 0. The SMILES string of the molecule is Cc1nc(S(=O)(=O)CCF)n[nH]1. The molecule has 0 spiro atoms. The summed E-state index contributed by atoms with van der Waals surface area (Å²) >= 11 is 0. The summed E-state index contributed by atoms with van der Waals surface area (Å²) in [7, 11) is -3.62. The van der Waals surface area contributed by atoms with E-state index in [1.54, 1.807) is 6.92 Å². The number of H-pyrrole nitrogens is 1. The molecule has 0 radical (unpaired) electrons. The van der Waals surface area contributed by atoms with Crippen molar-refractivity contribution in [3.05, 3.63) is 5.82 Å². The minimum Gasteiger partial charge on any atom is -0.262 e. The van der Waals surface area contributed by atoms with E-state index in [0.717, 1.165) is 0 Å². The molecule has 68 valence electrons. The van der Waals surface area contributed by atoms with Crippen molar-refractivity contribution < 1.29 is 12.8 Å². The largest absolute Gasteiger partial charge is 0.266 e. The maximum atomic E-state index is 11.7. The van der Waals surface area contributed by atoms with Crippen molar-refractivity contribution in [2.45, 2.75) is 12.1 Å². The normalized spacial score (nSPS) is 11.8. The first kappa shape index (κ1) is 9.11. The molecule has 0 fully saturated rings. The summed E-state index contributed by atoms with van der Waals surface area (Å²) in [4.78, 5) is 3.58. The standard InChI is InChI=1S/C5H8FN3O2S/c1-4-7-5(9-8-4)12(10,11)3-2-6/h2-3H2,1H3,(H,7,8,9). The average molecular weight is 193 g/mol. The number of nitrogens with zero attached hydrogens (tertiary/aromatic N) is 2. The first-order valence-corrected chi connectivity index (χ1v) is 4.89. The first-order valence-electron chi connectivity index (χ1n) is 3.24. The Balaban J connectivity index is 2.98. The molecule has 0 aliphatic heterocycles. The monoisotopic (exact) mass is 193 g/mol. The Bertz CT molecular complexity index is 359. The van der Waals surface area contributed by atoms with E-state index in [0.29, 0.717) is 5.82 Å². The summed E-state index contributed by atoms with van der Waals surface area (Å²) in [5, 5.41) is 5.45. The van der Waals surface area contributed by atoms with Gasteiger partial charge in [-0.05, 0) is 6.92 Å². The van der Waals surface area contributed by atoms with Gasteiger partial charge in [0.15, 0.2) is 0 Å². The molecule has 1 aromatic rings. The fourth-order valence-electron chi connectivity index (χ4n) is 0.654. The van der Waals surface area contributed by atoms with Crippen LogP contribution in [0.15, 0.2) is 5.16 Å². The lowest BCUT2D eigenvalue weighted by Crippen LogP contribution is -2.10. The molecule has 5 nitrogen and oxygen atoms in total. The molecule has 0 amide bonds. The molecule has 1 aromatic heterocycles. The number of aromatic nitrogens is 3. The predicted molar refractivity (Wildman–Crippen MR) is 39.1 cm³/mol. The van der Waals surface area contributed by atoms with E-state index in [-0.39, 0.29) is 5.16 Å². The third-order valence-electron chi connectivity index (χ3n) is 1.20. The van der Waals surface area contributed by atoms with Crippen LogP contribution in [0.4, 0.5) is 4.39 Å². The summed E-state index contributed by atoms with van der Waals surface area (Å²) < 4.78 is 33.9. The second kappa shape index (κ2) is 3.18. The Morgan fingerprint density at radius 2 is 2.25 bits per heavy atom. The van der Waals surface area contributed by atoms with Gasteiger partial charge in [0.25, 0.3) is 5.16 Å². The molecule has 0 aliphatic carbocycles. The zero-order valence-corrected chi connectivity index (χ0v) is 7.23. The number of alkyl halides is 1. The lowest BCUT2D eigenvalue weighted by Gasteiger charge is -1.92. The van der Waals surface area contributed by atoms with Gasteiger partial charge >= 0.3 is 0 Å². The Labute approximate surface area is 68.9 Å². The minimum atomic E-state index is -3.62. The molecule has 0 saturated heterocycles. The number of aryl methyl sites for hydroxylation is 1. The zero-order chi connectivity index (χ0) is 9.19. The van der Waals surface area contributed by atoms with Crippen LogP contribution in [0.25, 0.3) is 0 Å². The molecule has 7 heteroatoms. The molecular formula is C5H8FN3O2S. The summed E-state index contributed by atoms with van der Waals surface area (Å²) in [6, 6.07) is 0. The van der Waals surface area contributed by atoms with Crippen LogP contribution in [0.2, 0.25) is 0 Å². The Morgan fingerprint density at radius 1 is 1.58 bits per heavy atom. The highest BCUT2D eigenvalue weighted by Crippen LogP contribution is 2.03. The molecule has 1 rings (SSSR count). The van der Waals surface area contributed by atoms with Crippen LogP contribution < -0.4 is 0 Å². The van der Waals surface area contributed by atoms with E-state index in [1.807, 2.05) is 0 Å². The number of nitrogens with one attached hydrogen (secondary N) is 1. The number of sulfone groups is 1. The van der Waals surface area contributed by atoms with Crippen LogP contribution in [-0.4, -0.2) is 36.0 Å². The van der Waals surface area contributed by atoms with Crippen molar-refractivity contribution in [1.82, 2.24) is 15.2 Å². The topological polar surface area (TPSA) is 75.7 Å². The number of hydrogen-bond acceptors (Lipinski definition) is 4. The van der Waals surface area contributed by atoms with Gasteiger partial charge in [-0.25, -0.2) is 17.8 Å². The lowest BCUT2D eigenvalue weighted by atomic mass is 10.8. The van der Waals surface area contributed by atoms with Gasteiger partial charge in [-0.3, -0.25) is 5.10 Å². The lowest BCUT2D eigenvalue weighted by molar-refractivity contribution is 0.515. The van der Waals surface area contributed by atoms with Crippen LogP contribution >= 0.6 is 0 Å². The van der Waals surface area contributed by atoms with Gasteiger partial charge in [0, 0.05) is 0 Å². The summed E-state index contributed by atoms with van der Waals surface area (Å²) in [5.74, 6) is -0.169. The Kier molecular flexibility index (Phi) is 2.41. The molecule has 1 heterocycles. The second-order valence-electron chi connectivity index (χ2n) is 2.21. The second-order valence-corrected chi connectivity index (χ2v) is 4.21. The fraction of sp³-hybridized carbons (Fsp3) is 0.600. The number of aromatic amines is 1. The van der Waals surface area contributed by atoms with Crippen molar-refractivity contribution in [1.29, 1.82) is 0 Å². The van der Waals surface area contributed by atoms with E-state index >= 15 is 0 Å². The van der Waals surface area contributed by atoms with Crippen LogP contribution in [0.5, 0.6) is 0 Å². The fourth-order valence-corrected chi connectivity index (χ4v) is 1.50. The van der Waals surface area contributed by atoms with Crippen molar-refractivity contribution in [2.24, 2.45) is 0 Å². The third-order valence-corrected chi connectivity index (χ3v) is 2.63. The van der Waals surface area contributed by atoms with Crippen LogP contribution in [0.1, 0.15) is 5.82 Å². The van der Waals surface area contributed by atoms with Crippen molar-refractivity contribution >= 4 is 9.84 Å². The first-order chi connectivity index (χ1) is 5.56. The highest BCUT2D eigenvalue weighted by molar-refractivity contribution is 7.91. The molecule has 1 N–H and O–H groups in total. The predicted octanol–water partition coefficient (Wildman–Crippen LogP) is -0.144. The third kappa shape index (κ3) is 1.79. The highest BCUT2D eigenvalue weighted by Gasteiger charge is 2.18. The number of halogens is 1. The van der Waals surface area contributed by atoms with Gasteiger partial charge in [0.1, 0.15) is 12.5 Å². The zero-order valence-electron chi connectivity index (χ0n) is 6.41. The van der Waals surface area contributed by atoms with Crippen molar-refractivity contribution in [2.75, 3.05) is 12.4 Å². The molecule has 0 aromatic carbocycles. The van der Waals surface area contributed by atoms with E-state index in [4.69, 9.17) is 0 Å². The Morgan fingerprint density at radius 3 is 2.67 bits per heavy atom. The van der Waals surface area contributed by atoms with Gasteiger partial charge in [0.05, 0.1) is 5.75 Å². The van der Waals surface area contributed by atoms with E-state index in [9.17, 15) is 12.8 Å². The van der Waals surface area contributed by atoms with Crippen LogP contribution in [-0.2, 0) is 9.84 Å². The molecule has 12 heavy (non-hydrogen) atoms. The molecule has 0 unspecified atom stereocenters. The average Bonchev–Trinajstić information content (AvgIpc) is 2.36. The van der Waals surface area contributed by atoms with Crippen molar-refractivity contribution in [3.8, 4) is 0 Å². The van der Waals surface area contributed by atoms with Gasteiger partial charge < -0.3 is 0 Å². The van der Waals surface area contributed by atoms with E-state index < -0.39 is 22.3 Å². The van der Waals surface area contributed by atoms with E-state index in [1.165, 1.54) is 0 Å². The number of hydrogen-bond donors (Lipinski definition) is 1. The summed E-state index contributed by atoms with van der Waals surface area (Å²) in [5.41, 5.74) is 0. The molecular weight excluding hydrogens is 185 g/mol. The molecule has 0 bridgehead atoms. The highest BCUT2D eigenvalue weighted by atomic mass is 32.2. The van der Waals surface area contributed by atoms with E-state index in [2.05, 4.69) is 15.2 Å². The quantitative estimate of drug-likeness (QED) is 0.724. The molecule has 0 saturated carbocycles. The summed E-state index contributed by atoms with van der Waals surface area (Å²) in [6.45, 7) is 0.650. The Hall–Kier alpha value is -0.980. The van der Waals surface area contributed by atoms with Gasteiger partial charge in [0.2, 0.25) is 9.84 Å². The maximum absolute atomic E-state index is 11.7. The van der Waals surface area contributed by atoms with Crippen molar-refractivity contribution in [3.63, 3.8) is 0 Å². The van der Waals surface area contributed by atoms with Gasteiger partial charge in [-0.15, -0.1) is 5.10 Å². The van der Waals surface area contributed by atoms with Gasteiger partial charge in [-0.1, -0.05) is 0 Å². The number of rotatable bonds is 3. The van der Waals surface area contributed by atoms with Crippen LogP contribution in [0.3, 0.4) is 0 Å².